The zero-order chi connectivity index (χ0) is 20.8. The Hall–Kier alpha value is -3.22. The van der Waals surface area contributed by atoms with Gasteiger partial charge in [0.25, 0.3) is 0 Å². The molecule has 1 N–H and O–H groups in total. The predicted molar refractivity (Wildman–Crippen MR) is 121 cm³/mol. The Bertz CT molecular complexity index is 1150. The fourth-order valence-electron chi connectivity index (χ4n) is 2.72. The van der Waals surface area contributed by atoms with E-state index in [2.05, 4.69) is 15.5 Å². The molecule has 4 aromatic rings. The van der Waals surface area contributed by atoms with Crippen LogP contribution in [0.15, 0.2) is 83.3 Å². The fourth-order valence-corrected chi connectivity index (χ4v) is 3.57. The Morgan fingerprint density at radius 1 is 1.07 bits per heavy atom. The van der Waals surface area contributed by atoms with Crippen molar-refractivity contribution in [1.29, 1.82) is 0 Å². The second-order valence-corrected chi connectivity index (χ2v) is 7.67. The first kappa shape index (κ1) is 20.1. The average molecular weight is 438 g/mol. The third kappa shape index (κ3) is 5.23. The van der Waals surface area contributed by atoms with Gasteiger partial charge in [-0.1, -0.05) is 54.1 Å². The van der Waals surface area contributed by atoms with Gasteiger partial charge in [-0.2, -0.15) is 5.10 Å². The first-order chi connectivity index (χ1) is 14.7. The highest BCUT2D eigenvalue weighted by molar-refractivity contribution is 7.14. The lowest BCUT2D eigenvalue weighted by Gasteiger charge is -2.09. The summed E-state index contributed by atoms with van der Waals surface area (Å²) in [5.74, 6) is 0.347. The van der Waals surface area contributed by atoms with E-state index in [1.165, 1.54) is 23.5 Å². The average Bonchev–Trinajstić information content (AvgIpc) is 3.24. The number of anilines is 1. The van der Waals surface area contributed by atoms with Gasteiger partial charge in [0.05, 0.1) is 11.9 Å². The van der Waals surface area contributed by atoms with E-state index in [1.54, 1.807) is 36.5 Å². The first-order valence-electron chi connectivity index (χ1n) is 9.14. The van der Waals surface area contributed by atoms with Crippen LogP contribution in [0, 0.1) is 5.82 Å². The number of aromatic nitrogens is 1. The smallest absolute Gasteiger partial charge is 0.203 e. The van der Waals surface area contributed by atoms with Crippen molar-refractivity contribution >= 4 is 34.3 Å². The monoisotopic (exact) mass is 437 g/mol. The maximum absolute atomic E-state index is 13.1. The van der Waals surface area contributed by atoms with E-state index in [9.17, 15) is 4.39 Å². The second kappa shape index (κ2) is 9.52. The summed E-state index contributed by atoms with van der Waals surface area (Å²) in [5.41, 5.74) is 6.48. The van der Waals surface area contributed by atoms with E-state index in [-0.39, 0.29) is 5.82 Å². The Morgan fingerprint density at radius 2 is 1.87 bits per heavy atom. The summed E-state index contributed by atoms with van der Waals surface area (Å²) in [6.45, 7) is 0.309. The van der Waals surface area contributed by atoms with E-state index in [1.807, 2.05) is 35.7 Å². The molecule has 0 amide bonds. The Balaban J connectivity index is 1.43. The predicted octanol–water partition coefficient (Wildman–Crippen LogP) is 6.63. The van der Waals surface area contributed by atoms with Crippen molar-refractivity contribution in [2.45, 2.75) is 6.61 Å². The minimum absolute atomic E-state index is 0.276. The molecular weight excluding hydrogens is 421 g/mol. The number of thiazole rings is 1. The van der Waals surface area contributed by atoms with Crippen molar-refractivity contribution in [2.24, 2.45) is 5.10 Å². The van der Waals surface area contributed by atoms with Gasteiger partial charge in [0, 0.05) is 21.5 Å². The summed E-state index contributed by atoms with van der Waals surface area (Å²) < 4.78 is 18.9. The van der Waals surface area contributed by atoms with Crippen LogP contribution >= 0.6 is 22.9 Å². The van der Waals surface area contributed by atoms with Gasteiger partial charge in [-0.05, 0) is 35.9 Å². The number of hydrogen-bond acceptors (Lipinski definition) is 5. The lowest BCUT2D eigenvalue weighted by molar-refractivity contribution is 0.305. The Kier molecular flexibility index (Phi) is 6.37. The topological polar surface area (TPSA) is 46.5 Å². The molecular formula is C23H17ClFN3OS. The summed E-state index contributed by atoms with van der Waals surface area (Å²) >= 11 is 7.60. The molecule has 0 aliphatic rings. The number of hydrogen-bond donors (Lipinski definition) is 1. The minimum Gasteiger partial charge on any atom is -0.488 e. The van der Waals surface area contributed by atoms with Crippen LogP contribution in [-0.2, 0) is 6.61 Å². The normalized spacial score (nSPS) is 11.0. The Labute approximate surface area is 182 Å². The molecule has 4 nitrogen and oxygen atoms in total. The number of nitrogens with zero attached hydrogens (tertiary/aromatic N) is 2. The van der Waals surface area contributed by atoms with Gasteiger partial charge in [0.15, 0.2) is 0 Å². The number of rotatable bonds is 7. The molecule has 150 valence electrons. The third-order valence-corrected chi connectivity index (χ3v) is 5.20. The summed E-state index contributed by atoms with van der Waals surface area (Å²) in [4.78, 5) is 4.54. The van der Waals surface area contributed by atoms with Gasteiger partial charge in [0.2, 0.25) is 5.13 Å². The van der Waals surface area contributed by atoms with Gasteiger partial charge < -0.3 is 4.74 Å². The quantitative estimate of drug-likeness (QED) is 0.261. The number of benzene rings is 3. The van der Waals surface area contributed by atoms with Crippen LogP contribution in [0.5, 0.6) is 5.75 Å². The highest BCUT2D eigenvalue weighted by atomic mass is 35.5. The fraction of sp³-hybridized carbons (Fsp3) is 0.0435. The highest BCUT2D eigenvalue weighted by Crippen LogP contribution is 2.25. The van der Waals surface area contributed by atoms with Crippen molar-refractivity contribution in [1.82, 2.24) is 4.98 Å². The number of hydrazone groups is 1. The molecule has 0 spiro atoms. The molecule has 1 heterocycles. The van der Waals surface area contributed by atoms with Gasteiger partial charge in [-0.3, -0.25) is 5.43 Å². The molecule has 0 radical (unpaired) electrons. The number of ether oxygens (including phenoxy) is 1. The van der Waals surface area contributed by atoms with E-state index < -0.39 is 0 Å². The first-order valence-corrected chi connectivity index (χ1v) is 10.4. The van der Waals surface area contributed by atoms with Crippen LogP contribution in [0.4, 0.5) is 9.52 Å². The maximum atomic E-state index is 13.1. The van der Waals surface area contributed by atoms with E-state index >= 15 is 0 Å². The van der Waals surface area contributed by atoms with Gasteiger partial charge in [-0.15, -0.1) is 11.3 Å². The molecule has 0 unspecified atom stereocenters. The molecule has 0 aliphatic carbocycles. The molecule has 7 heteroatoms. The van der Waals surface area contributed by atoms with E-state index in [0.29, 0.717) is 22.5 Å². The van der Waals surface area contributed by atoms with Crippen LogP contribution in [-0.4, -0.2) is 11.2 Å². The molecule has 0 atom stereocenters. The van der Waals surface area contributed by atoms with Crippen LogP contribution in [0.25, 0.3) is 11.3 Å². The largest absolute Gasteiger partial charge is 0.488 e. The zero-order valence-electron chi connectivity index (χ0n) is 15.8. The molecule has 0 saturated carbocycles. The number of halogens is 2. The van der Waals surface area contributed by atoms with Crippen LogP contribution < -0.4 is 10.2 Å². The van der Waals surface area contributed by atoms with Gasteiger partial charge in [0.1, 0.15) is 18.2 Å². The summed E-state index contributed by atoms with van der Waals surface area (Å²) in [6.07, 6.45) is 1.63. The third-order valence-electron chi connectivity index (χ3n) is 4.22. The summed E-state index contributed by atoms with van der Waals surface area (Å²) in [7, 11) is 0. The van der Waals surface area contributed by atoms with Crippen molar-refractivity contribution in [3.8, 4) is 17.0 Å². The number of nitrogens with one attached hydrogen (secondary N) is 1. The minimum atomic E-state index is -0.276. The molecule has 0 aliphatic heterocycles. The van der Waals surface area contributed by atoms with E-state index in [4.69, 9.17) is 16.3 Å². The molecule has 0 fully saturated rings. The van der Waals surface area contributed by atoms with Crippen molar-refractivity contribution in [2.75, 3.05) is 5.43 Å². The lowest BCUT2D eigenvalue weighted by Crippen LogP contribution is -1.99. The molecule has 3 aromatic carbocycles. The van der Waals surface area contributed by atoms with Gasteiger partial charge in [-0.25, -0.2) is 9.37 Å². The molecule has 0 saturated heterocycles. The van der Waals surface area contributed by atoms with Gasteiger partial charge >= 0.3 is 0 Å². The van der Waals surface area contributed by atoms with Crippen molar-refractivity contribution in [3.63, 3.8) is 0 Å². The van der Waals surface area contributed by atoms with Crippen LogP contribution in [0.3, 0.4) is 0 Å². The van der Waals surface area contributed by atoms with Crippen LogP contribution in [0.1, 0.15) is 11.1 Å². The SMILES string of the molecule is Fc1ccc(COc2ccc(Cl)cc2C=NNc2nc(-c3ccccc3)cs2)cc1. The van der Waals surface area contributed by atoms with Crippen molar-refractivity contribution in [3.05, 3.63) is 100 Å². The molecule has 1 aromatic heterocycles. The molecule has 4 rings (SSSR count). The van der Waals surface area contributed by atoms with E-state index in [0.717, 1.165) is 22.4 Å². The van der Waals surface area contributed by atoms with Crippen molar-refractivity contribution < 1.29 is 9.13 Å². The van der Waals surface area contributed by atoms with Crippen LogP contribution in [0.2, 0.25) is 5.02 Å². The summed E-state index contributed by atoms with van der Waals surface area (Å²) in [5, 5.41) is 7.50. The second-order valence-electron chi connectivity index (χ2n) is 6.37. The molecule has 30 heavy (non-hydrogen) atoms. The maximum Gasteiger partial charge on any atom is 0.203 e. The Morgan fingerprint density at radius 3 is 2.67 bits per heavy atom. The zero-order valence-corrected chi connectivity index (χ0v) is 17.3. The highest BCUT2D eigenvalue weighted by Gasteiger charge is 2.06. The summed E-state index contributed by atoms with van der Waals surface area (Å²) in [6, 6.07) is 21.4. The molecule has 0 bridgehead atoms. The lowest BCUT2D eigenvalue weighted by atomic mass is 10.2. The standard InChI is InChI=1S/C23H17ClFN3OS/c24-19-8-11-22(29-14-16-6-9-20(25)10-7-16)18(12-19)13-26-28-23-27-21(15-30-23)17-4-2-1-3-5-17/h1-13,15H,14H2,(H,27,28).